The van der Waals surface area contributed by atoms with Gasteiger partial charge in [0, 0.05) is 16.8 Å². The molecular formula is C16H26IN5S2. The number of nitrogens with one attached hydrogen (secondary N) is 2. The van der Waals surface area contributed by atoms with Crippen molar-refractivity contribution in [3.05, 3.63) is 31.7 Å². The molecule has 0 fully saturated rings. The zero-order chi connectivity index (χ0) is 16.8. The summed E-state index contributed by atoms with van der Waals surface area (Å²) in [5, 5.41) is 10.9. The lowest BCUT2D eigenvalue weighted by atomic mass is 10.2. The predicted octanol–water partition coefficient (Wildman–Crippen LogP) is 4.21. The lowest BCUT2D eigenvalue weighted by molar-refractivity contribution is 0.788. The number of nitrogens with zero attached hydrogens (tertiary/aromatic N) is 3. The fourth-order valence-electron chi connectivity index (χ4n) is 2.04. The fourth-order valence-corrected chi connectivity index (χ4v) is 3.80. The third kappa shape index (κ3) is 6.29. The molecular weight excluding hydrogens is 453 g/mol. The summed E-state index contributed by atoms with van der Waals surface area (Å²) in [4.78, 5) is 15.0. The molecule has 0 saturated heterocycles. The van der Waals surface area contributed by atoms with Crippen molar-refractivity contribution in [2.45, 2.75) is 53.6 Å². The number of hydrogen-bond donors (Lipinski definition) is 2. The number of aryl methyl sites for hydroxylation is 2. The van der Waals surface area contributed by atoms with Gasteiger partial charge in [0.15, 0.2) is 5.96 Å². The Labute approximate surface area is 169 Å². The van der Waals surface area contributed by atoms with Crippen LogP contribution in [0.25, 0.3) is 0 Å². The third-order valence-corrected chi connectivity index (χ3v) is 5.22. The van der Waals surface area contributed by atoms with Gasteiger partial charge in [0.2, 0.25) is 0 Å². The molecule has 8 heteroatoms. The van der Waals surface area contributed by atoms with Gasteiger partial charge in [0.05, 0.1) is 29.5 Å². The zero-order valence-corrected chi connectivity index (χ0v) is 18.8. The van der Waals surface area contributed by atoms with Gasteiger partial charge in [0.1, 0.15) is 5.01 Å². The number of thiazole rings is 2. The molecule has 2 heterocycles. The summed E-state index contributed by atoms with van der Waals surface area (Å²) in [6.45, 7) is 12.7. The van der Waals surface area contributed by atoms with E-state index in [1.807, 2.05) is 13.8 Å². The van der Waals surface area contributed by atoms with Crippen LogP contribution in [0.2, 0.25) is 0 Å². The molecule has 0 aliphatic heterocycles. The normalized spacial score (nSPS) is 11.5. The summed E-state index contributed by atoms with van der Waals surface area (Å²) >= 11 is 3.41. The average Bonchev–Trinajstić information content (AvgIpc) is 3.08. The van der Waals surface area contributed by atoms with Crippen molar-refractivity contribution in [3.63, 3.8) is 0 Å². The van der Waals surface area contributed by atoms with E-state index in [-0.39, 0.29) is 24.0 Å². The van der Waals surface area contributed by atoms with Crippen LogP contribution in [-0.2, 0) is 13.1 Å². The van der Waals surface area contributed by atoms with E-state index in [4.69, 9.17) is 0 Å². The minimum atomic E-state index is 0. The van der Waals surface area contributed by atoms with Crippen LogP contribution < -0.4 is 10.6 Å². The number of halogens is 1. The van der Waals surface area contributed by atoms with Gasteiger partial charge in [-0.15, -0.1) is 46.7 Å². The largest absolute Gasteiger partial charge is 0.357 e. The second-order valence-corrected chi connectivity index (χ2v) is 7.84. The van der Waals surface area contributed by atoms with Crippen molar-refractivity contribution in [3.8, 4) is 0 Å². The maximum atomic E-state index is 4.66. The van der Waals surface area contributed by atoms with Crippen molar-refractivity contribution in [1.82, 2.24) is 20.6 Å². The molecule has 0 unspecified atom stereocenters. The van der Waals surface area contributed by atoms with Gasteiger partial charge < -0.3 is 10.6 Å². The molecule has 2 aromatic heterocycles. The summed E-state index contributed by atoms with van der Waals surface area (Å²) in [5.41, 5.74) is 2.23. The number of guanidine groups is 1. The number of rotatable bonds is 6. The van der Waals surface area contributed by atoms with Crippen LogP contribution in [0.4, 0.5) is 0 Å². The van der Waals surface area contributed by atoms with Crippen LogP contribution in [-0.4, -0.2) is 22.5 Å². The van der Waals surface area contributed by atoms with E-state index in [9.17, 15) is 0 Å². The van der Waals surface area contributed by atoms with Crippen LogP contribution >= 0.6 is 46.7 Å². The molecule has 5 nitrogen and oxygen atoms in total. The maximum absolute atomic E-state index is 4.66. The molecule has 0 radical (unpaired) electrons. The molecule has 2 rings (SSSR count). The Morgan fingerprint density at radius 1 is 1.25 bits per heavy atom. The Balaban J connectivity index is 0.00000288. The van der Waals surface area contributed by atoms with Gasteiger partial charge in [0.25, 0.3) is 0 Å². The molecule has 0 saturated carbocycles. The molecule has 0 aromatic carbocycles. The van der Waals surface area contributed by atoms with Crippen LogP contribution in [0, 0.1) is 13.8 Å². The minimum absolute atomic E-state index is 0. The Bertz CT molecular complexity index is 663. The van der Waals surface area contributed by atoms with E-state index in [1.54, 1.807) is 22.7 Å². The van der Waals surface area contributed by atoms with Gasteiger partial charge in [-0.2, -0.15) is 0 Å². The van der Waals surface area contributed by atoms with Gasteiger partial charge in [-0.05, 0) is 26.7 Å². The Morgan fingerprint density at radius 3 is 2.54 bits per heavy atom. The predicted molar refractivity (Wildman–Crippen MR) is 115 cm³/mol. The summed E-state index contributed by atoms with van der Waals surface area (Å²) in [6.07, 6.45) is 0. The standard InChI is InChI=1S/C16H25N5S2.HI/c1-6-17-16(18-7-14-11(4)20-12(5)23-14)19-8-15-21-13(9-22-15)10(2)3;/h9-10H,6-8H2,1-5H3,(H2,17,18,19);1H. The second-order valence-electron chi connectivity index (χ2n) is 5.61. The highest BCUT2D eigenvalue weighted by Gasteiger charge is 2.07. The SMILES string of the molecule is CCNC(=NCc1sc(C)nc1C)NCc1nc(C(C)C)cs1.I. The van der Waals surface area contributed by atoms with Gasteiger partial charge in [-0.3, -0.25) is 0 Å². The molecule has 0 aliphatic carbocycles. The first-order valence-corrected chi connectivity index (χ1v) is 9.58. The molecule has 134 valence electrons. The first-order chi connectivity index (χ1) is 11.0. The lowest BCUT2D eigenvalue weighted by Crippen LogP contribution is -2.36. The number of hydrogen-bond acceptors (Lipinski definition) is 5. The first kappa shape index (κ1) is 21.3. The van der Waals surface area contributed by atoms with E-state index < -0.39 is 0 Å². The Hall–Kier alpha value is -0.740. The minimum Gasteiger partial charge on any atom is -0.357 e. The summed E-state index contributed by atoms with van der Waals surface area (Å²) in [5.74, 6) is 1.29. The number of aliphatic imine (C=N–C) groups is 1. The fraction of sp³-hybridized carbons (Fsp3) is 0.562. The molecule has 0 amide bonds. The highest BCUT2D eigenvalue weighted by atomic mass is 127. The molecule has 2 aromatic rings. The van der Waals surface area contributed by atoms with Crippen LogP contribution in [0.3, 0.4) is 0 Å². The van der Waals surface area contributed by atoms with Crippen molar-refractivity contribution in [1.29, 1.82) is 0 Å². The van der Waals surface area contributed by atoms with E-state index in [2.05, 4.69) is 51.7 Å². The smallest absolute Gasteiger partial charge is 0.191 e. The lowest BCUT2D eigenvalue weighted by Gasteiger charge is -2.09. The van der Waals surface area contributed by atoms with Crippen molar-refractivity contribution < 1.29 is 0 Å². The quantitative estimate of drug-likeness (QED) is 0.370. The van der Waals surface area contributed by atoms with Gasteiger partial charge in [-0.25, -0.2) is 15.0 Å². The number of aromatic nitrogens is 2. The van der Waals surface area contributed by atoms with Crippen molar-refractivity contribution >= 4 is 52.6 Å². The van der Waals surface area contributed by atoms with Crippen LogP contribution in [0.1, 0.15) is 53.0 Å². The van der Waals surface area contributed by atoms with Crippen LogP contribution in [0.15, 0.2) is 10.4 Å². The molecule has 0 aliphatic rings. The van der Waals surface area contributed by atoms with E-state index in [1.165, 1.54) is 4.88 Å². The molecule has 0 atom stereocenters. The summed E-state index contributed by atoms with van der Waals surface area (Å²) < 4.78 is 0. The average molecular weight is 479 g/mol. The van der Waals surface area contributed by atoms with E-state index in [0.717, 1.165) is 33.9 Å². The third-order valence-electron chi connectivity index (χ3n) is 3.29. The molecule has 2 N–H and O–H groups in total. The van der Waals surface area contributed by atoms with Gasteiger partial charge >= 0.3 is 0 Å². The van der Waals surface area contributed by atoms with Crippen molar-refractivity contribution in [2.75, 3.05) is 6.54 Å². The maximum Gasteiger partial charge on any atom is 0.191 e. The topological polar surface area (TPSA) is 62.2 Å². The molecule has 0 spiro atoms. The Morgan fingerprint density at radius 2 is 2.00 bits per heavy atom. The molecule has 0 bridgehead atoms. The zero-order valence-electron chi connectivity index (χ0n) is 14.8. The summed E-state index contributed by atoms with van der Waals surface area (Å²) in [7, 11) is 0. The highest BCUT2D eigenvalue weighted by molar-refractivity contribution is 14.0. The highest BCUT2D eigenvalue weighted by Crippen LogP contribution is 2.18. The van der Waals surface area contributed by atoms with Crippen LogP contribution in [0.5, 0.6) is 0 Å². The van der Waals surface area contributed by atoms with E-state index >= 15 is 0 Å². The monoisotopic (exact) mass is 479 g/mol. The van der Waals surface area contributed by atoms with Gasteiger partial charge in [-0.1, -0.05) is 13.8 Å². The van der Waals surface area contributed by atoms with Crippen molar-refractivity contribution in [2.24, 2.45) is 4.99 Å². The second kappa shape index (κ2) is 10.3. The van der Waals surface area contributed by atoms with E-state index in [0.29, 0.717) is 19.0 Å². The molecule has 24 heavy (non-hydrogen) atoms. The Kier molecular flexibility index (Phi) is 9.14. The first-order valence-electron chi connectivity index (χ1n) is 7.89. The summed E-state index contributed by atoms with van der Waals surface area (Å²) in [6, 6.07) is 0.